The van der Waals surface area contributed by atoms with Crippen molar-refractivity contribution < 1.29 is 4.79 Å². The van der Waals surface area contributed by atoms with E-state index in [1.807, 2.05) is 23.1 Å². The number of carbonyl (C=O) groups is 1. The number of hydrogen-bond acceptors (Lipinski definition) is 5. The van der Waals surface area contributed by atoms with Crippen LogP contribution in [0.25, 0.3) is 0 Å². The van der Waals surface area contributed by atoms with Crippen LogP contribution in [-0.2, 0) is 17.9 Å². The number of amides is 1. The Bertz CT molecular complexity index is 718. The molecule has 2 aromatic heterocycles. The predicted molar refractivity (Wildman–Crippen MR) is 106 cm³/mol. The summed E-state index contributed by atoms with van der Waals surface area (Å²) in [6.45, 7) is 6.33. The Labute approximate surface area is 160 Å². The first-order valence-corrected chi connectivity index (χ1v) is 9.94. The fraction of sp³-hybridized carbons (Fsp3) is 0.500. The Morgan fingerprint density at radius 2 is 2.08 bits per heavy atom. The zero-order valence-electron chi connectivity index (χ0n) is 15.9. The molecule has 3 rings (SSSR count). The van der Waals surface area contributed by atoms with Crippen LogP contribution in [0.1, 0.15) is 21.9 Å². The van der Waals surface area contributed by atoms with Gasteiger partial charge in [0.25, 0.3) is 0 Å². The number of rotatable bonds is 6. The third kappa shape index (κ3) is 5.13. The Hall–Kier alpha value is -1.76. The Kier molecular flexibility index (Phi) is 6.40. The highest BCUT2D eigenvalue weighted by Crippen LogP contribution is 2.20. The molecule has 1 unspecified atom stereocenters. The Morgan fingerprint density at radius 1 is 1.23 bits per heavy atom. The SMILES string of the molecule is Cc1ccc(CN(Cc2ccccn2)C(=O)CC2CN(C)CCN2C)s1. The molecule has 140 valence electrons. The number of nitrogens with zero attached hydrogens (tertiary/aromatic N) is 4. The van der Waals surface area contributed by atoms with Gasteiger partial charge >= 0.3 is 0 Å². The molecule has 1 aliphatic heterocycles. The summed E-state index contributed by atoms with van der Waals surface area (Å²) in [5.41, 5.74) is 0.934. The minimum atomic E-state index is 0.203. The normalized spacial score (nSPS) is 18.8. The second-order valence-corrected chi connectivity index (χ2v) is 8.56. The van der Waals surface area contributed by atoms with E-state index in [1.165, 1.54) is 9.75 Å². The van der Waals surface area contributed by atoms with Crippen LogP contribution in [0.2, 0.25) is 0 Å². The van der Waals surface area contributed by atoms with E-state index in [0.29, 0.717) is 19.5 Å². The van der Waals surface area contributed by atoms with Crippen LogP contribution in [0.5, 0.6) is 0 Å². The van der Waals surface area contributed by atoms with E-state index in [9.17, 15) is 4.79 Å². The summed E-state index contributed by atoms with van der Waals surface area (Å²) in [4.78, 5) is 26.6. The van der Waals surface area contributed by atoms with Crippen molar-refractivity contribution in [3.63, 3.8) is 0 Å². The average molecular weight is 373 g/mol. The fourth-order valence-electron chi connectivity index (χ4n) is 3.33. The Morgan fingerprint density at radius 3 is 2.77 bits per heavy atom. The van der Waals surface area contributed by atoms with E-state index in [-0.39, 0.29) is 11.9 Å². The summed E-state index contributed by atoms with van der Waals surface area (Å²) in [5, 5.41) is 0. The average Bonchev–Trinajstić information content (AvgIpc) is 3.03. The minimum Gasteiger partial charge on any atom is -0.332 e. The molecule has 1 aliphatic rings. The molecule has 0 radical (unpaired) electrons. The number of pyridine rings is 1. The van der Waals surface area contributed by atoms with E-state index in [0.717, 1.165) is 25.3 Å². The molecule has 3 heterocycles. The maximum absolute atomic E-state index is 13.1. The summed E-state index contributed by atoms with van der Waals surface area (Å²) < 4.78 is 0. The van der Waals surface area contributed by atoms with Crippen molar-refractivity contribution in [1.82, 2.24) is 19.7 Å². The van der Waals surface area contributed by atoms with Gasteiger partial charge in [0.1, 0.15) is 0 Å². The van der Waals surface area contributed by atoms with Gasteiger partial charge in [-0.1, -0.05) is 6.07 Å². The fourth-order valence-corrected chi connectivity index (χ4v) is 4.24. The van der Waals surface area contributed by atoms with Crippen molar-refractivity contribution in [2.45, 2.75) is 32.5 Å². The van der Waals surface area contributed by atoms with Gasteiger partial charge in [0.15, 0.2) is 0 Å². The summed E-state index contributed by atoms with van der Waals surface area (Å²) in [5.74, 6) is 0.203. The smallest absolute Gasteiger partial charge is 0.224 e. The molecule has 26 heavy (non-hydrogen) atoms. The highest BCUT2D eigenvalue weighted by Gasteiger charge is 2.27. The highest BCUT2D eigenvalue weighted by molar-refractivity contribution is 7.11. The molecule has 6 heteroatoms. The molecular formula is C20H28N4OS. The van der Waals surface area contributed by atoms with Crippen LogP contribution in [0.3, 0.4) is 0 Å². The highest BCUT2D eigenvalue weighted by atomic mass is 32.1. The third-order valence-corrected chi connectivity index (χ3v) is 5.95. The number of likely N-dealkylation sites (N-methyl/N-ethyl adjacent to an activating group) is 2. The van der Waals surface area contributed by atoms with Gasteiger partial charge in [-0.2, -0.15) is 0 Å². The quantitative estimate of drug-likeness (QED) is 0.781. The molecule has 0 spiro atoms. The van der Waals surface area contributed by atoms with Crippen LogP contribution >= 0.6 is 11.3 Å². The Balaban J connectivity index is 1.71. The molecule has 5 nitrogen and oxygen atoms in total. The van der Waals surface area contributed by atoms with Crippen molar-refractivity contribution >= 4 is 17.2 Å². The second kappa shape index (κ2) is 8.75. The third-order valence-electron chi connectivity index (χ3n) is 4.96. The number of carbonyl (C=O) groups excluding carboxylic acids is 1. The first-order valence-electron chi connectivity index (χ1n) is 9.13. The molecule has 1 amide bonds. The zero-order valence-corrected chi connectivity index (χ0v) is 16.7. The van der Waals surface area contributed by atoms with E-state index >= 15 is 0 Å². The van der Waals surface area contributed by atoms with Gasteiger partial charge in [0.2, 0.25) is 5.91 Å². The monoisotopic (exact) mass is 372 g/mol. The standard InChI is InChI=1S/C20H28N4OS/c1-16-7-8-19(26-16)15-24(13-17-6-4-5-9-21-17)20(25)12-18-14-22(2)10-11-23(18)3/h4-9,18H,10-15H2,1-3H3. The molecule has 1 atom stereocenters. The summed E-state index contributed by atoms with van der Waals surface area (Å²) in [6.07, 6.45) is 2.34. The van der Waals surface area contributed by atoms with Gasteiger partial charge in [0, 0.05) is 48.0 Å². The second-order valence-electron chi connectivity index (χ2n) is 7.18. The van der Waals surface area contributed by atoms with Crippen LogP contribution < -0.4 is 0 Å². The lowest BCUT2D eigenvalue weighted by molar-refractivity contribution is -0.134. The van der Waals surface area contributed by atoms with E-state index in [4.69, 9.17) is 0 Å². The first-order chi connectivity index (χ1) is 12.5. The molecule has 0 aliphatic carbocycles. The van der Waals surface area contributed by atoms with Crippen molar-refractivity contribution in [2.75, 3.05) is 33.7 Å². The minimum absolute atomic E-state index is 0.203. The van der Waals surface area contributed by atoms with E-state index < -0.39 is 0 Å². The summed E-state index contributed by atoms with van der Waals surface area (Å²) in [7, 11) is 4.25. The van der Waals surface area contributed by atoms with E-state index in [2.05, 4.69) is 47.9 Å². The lowest BCUT2D eigenvalue weighted by atomic mass is 10.1. The van der Waals surface area contributed by atoms with Crippen molar-refractivity contribution in [1.29, 1.82) is 0 Å². The van der Waals surface area contributed by atoms with Gasteiger partial charge in [0.05, 0.1) is 18.8 Å². The molecule has 1 fully saturated rings. The van der Waals surface area contributed by atoms with Crippen molar-refractivity contribution in [3.05, 3.63) is 52.0 Å². The van der Waals surface area contributed by atoms with Crippen LogP contribution in [-0.4, -0.2) is 65.4 Å². The lowest BCUT2D eigenvalue weighted by Crippen LogP contribution is -2.51. The van der Waals surface area contributed by atoms with Crippen molar-refractivity contribution in [2.24, 2.45) is 0 Å². The van der Waals surface area contributed by atoms with Gasteiger partial charge in [-0.05, 0) is 45.3 Å². The number of aromatic nitrogens is 1. The molecule has 0 saturated carbocycles. The lowest BCUT2D eigenvalue weighted by Gasteiger charge is -2.38. The summed E-state index contributed by atoms with van der Waals surface area (Å²) >= 11 is 1.76. The molecule has 0 bridgehead atoms. The number of aryl methyl sites for hydroxylation is 1. The largest absolute Gasteiger partial charge is 0.332 e. The van der Waals surface area contributed by atoms with Crippen LogP contribution in [0.15, 0.2) is 36.5 Å². The zero-order chi connectivity index (χ0) is 18.5. The molecular weight excluding hydrogens is 344 g/mol. The van der Waals surface area contributed by atoms with Gasteiger partial charge in [-0.15, -0.1) is 11.3 Å². The first kappa shape index (κ1) is 19.0. The van der Waals surface area contributed by atoms with Gasteiger partial charge in [-0.25, -0.2) is 0 Å². The molecule has 1 saturated heterocycles. The number of piperazine rings is 1. The maximum atomic E-state index is 13.1. The van der Waals surface area contributed by atoms with E-state index in [1.54, 1.807) is 17.5 Å². The van der Waals surface area contributed by atoms with Crippen LogP contribution in [0, 0.1) is 6.92 Å². The number of hydrogen-bond donors (Lipinski definition) is 0. The topological polar surface area (TPSA) is 39.7 Å². The molecule has 0 aromatic carbocycles. The predicted octanol–water partition coefficient (Wildman–Crippen LogP) is 2.62. The number of thiophene rings is 1. The molecule has 0 N–H and O–H groups in total. The maximum Gasteiger partial charge on any atom is 0.224 e. The van der Waals surface area contributed by atoms with Crippen LogP contribution in [0.4, 0.5) is 0 Å². The summed E-state index contributed by atoms with van der Waals surface area (Å²) in [6, 6.07) is 10.4. The van der Waals surface area contributed by atoms with Gasteiger partial charge in [-0.3, -0.25) is 9.78 Å². The van der Waals surface area contributed by atoms with Crippen molar-refractivity contribution in [3.8, 4) is 0 Å². The van der Waals surface area contributed by atoms with Gasteiger partial charge < -0.3 is 14.7 Å². The molecule has 2 aromatic rings.